The molecule has 0 atom stereocenters. The number of aromatic nitrogens is 3. The van der Waals surface area contributed by atoms with Gasteiger partial charge in [-0.2, -0.15) is 0 Å². The van der Waals surface area contributed by atoms with Crippen molar-refractivity contribution in [3.63, 3.8) is 0 Å². The number of hydrogen-bond donors (Lipinski definition) is 0. The Morgan fingerprint density at radius 1 is 0.429 bits per heavy atom. The van der Waals surface area contributed by atoms with E-state index in [1.165, 1.54) is 0 Å². The molecular weight excluding hydrogens is 1080 g/mol. The van der Waals surface area contributed by atoms with Crippen LogP contribution in [-0.2, 0) is 0 Å². The minimum Gasteiger partial charge on any atom is -0.870 e. The molecule has 0 radical (unpaired) electrons. The third-order valence-corrected chi connectivity index (χ3v) is 8.99. The fraction of sp³-hybridized carbons (Fsp3) is 0. The quantitative estimate of drug-likeness (QED) is 0.161. The van der Waals surface area contributed by atoms with Gasteiger partial charge in [-0.15, -0.1) is 0 Å². The molecular formula is C27H16Br6N3O5Tb. The van der Waals surface area contributed by atoms with Crippen LogP contribution in [0.3, 0.4) is 0 Å². The zero-order valence-corrected chi connectivity index (χ0v) is 32.3. The van der Waals surface area contributed by atoms with E-state index in [-0.39, 0.29) is 66.8 Å². The van der Waals surface area contributed by atoms with Crippen LogP contribution in [0.5, 0.6) is 17.2 Å². The maximum Gasteiger partial charge on any atom is 3.00 e. The van der Waals surface area contributed by atoms with Gasteiger partial charge in [-0.1, -0.05) is 131 Å². The van der Waals surface area contributed by atoms with Crippen molar-refractivity contribution in [1.29, 1.82) is 0 Å². The van der Waals surface area contributed by atoms with E-state index in [1.807, 2.05) is 18.2 Å². The fourth-order valence-corrected chi connectivity index (χ4v) is 7.26. The van der Waals surface area contributed by atoms with Crippen molar-refractivity contribution in [2.24, 2.45) is 0 Å². The fourth-order valence-electron chi connectivity index (χ4n) is 3.44. The predicted octanol–water partition coefficient (Wildman–Crippen LogP) is 6.85. The standard InChI is InChI=1S/3C9H5Br2NO.2H2O.Tb/c3*10-6-4-7(11)9(13)8-5(6)2-1-3-12-8;;;/h3*1-4,13H;2*1H2;/q;;;;;+3/p-3. The second-order valence-electron chi connectivity index (χ2n) is 7.71. The maximum absolute atomic E-state index is 11.6. The van der Waals surface area contributed by atoms with E-state index in [2.05, 4.69) is 111 Å². The maximum atomic E-state index is 11.6. The molecule has 3 aromatic carbocycles. The molecule has 3 aromatic heterocycles. The van der Waals surface area contributed by atoms with Gasteiger partial charge in [-0.3, -0.25) is 15.0 Å². The molecule has 6 aromatic rings. The van der Waals surface area contributed by atoms with Gasteiger partial charge in [0.15, 0.2) is 0 Å². The van der Waals surface area contributed by atoms with Gasteiger partial charge in [0.1, 0.15) is 0 Å². The molecule has 0 fully saturated rings. The van der Waals surface area contributed by atoms with Crippen LogP contribution in [0.25, 0.3) is 32.7 Å². The molecule has 0 aliphatic carbocycles. The number of hydrogen-bond acceptors (Lipinski definition) is 6. The van der Waals surface area contributed by atoms with Crippen LogP contribution in [0.15, 0.2) is 100 Å². The Morgan fingerprint density at radius 2 is 0.667 bits per heavy atom. The molecule has 42 heavy (non-hydrogen) atoms. The average Bonchev–Trinajstić information content (AvgIpc) is 2.94. The van der Waals surface area contributed by atoms with Gasteiger partial charge in [-0.25, -0.2) is 0 Å². The molecule has 15 heteroatoms. The van der Waals surface area contributed by atoms with E-state index in [4.69, 9.17) is 0 Å². The summed E-state index contributed by atoms with van der Waals surface area (Å²) in [4.78, 5) is 12.1. The molecule has 220 valence electrons. The number of pyridine rings is 3. The van der Waals surface area contributed by atoms with Crippen molar-refractivity contribution in [2.45, 2.75) is 0 Å². The summed E-state index contributed by atoms with van der Waals surface area (Å²) in [6.07, 6.45) is 4.84. The van der Waals surface area contributed by atoms with Crippen molar-refractivity contribution >= 4 is 128 Å². The third-order valence-electron chi connectivity index (χ3n) is 5.25. The summed E-state index contributed by atoms with van der Waals surface area (Å²) in [6.45, 7) is 0. The first kappa shape index (κ1) is 39.4. The largest absolute Gasteiger partial charge is 3.00 e. The molecule has 0 aliphatic rings. The Labute approximate surface area is 321 Å². The minimum absolute atomic E-state index is 0. The molecule has 0 bridgehead atoms. The summed E-state index contributed by atoms with van der Waals surface area (Å²) in [5.41, 5.74) is 1.47. The Hall–Kier alpha value is -0.624. The zero-order valence-electron chi connectivity index (χ0n) is 20.6. The Bertz CT molecular complexity index is 1640. The van der Waals surface area contributed by atoms with E-state index in [0.29, 0.717) is 30.0 Å². The average molecular weight is 1100 g/mol. The van der Waals surface area contributed by atoms with Gasteiger partial charge in [0, 0.05) is 61.6 Å². The van der Waals surface area contributed by atoms with Gasteiger partial charge in [-0.05, 0) is 36.4 Å². The van der Waals surface area contributed by atoms with Gasteiger partial charge < -0.3 is 26.3 Å². The summed E-state index contributed by atoms with van der Waals surface area (Å²) in [7, 11) is 0. The van der Waals surface area contributed by atoms with Crippen molar-refractivity contribution in [1.82, 2.24) is 15.0 Å². The van der Waals surface area contributed by atoms with Gasteiger partial charge in [0.05, 0.1) is 16.6 Å². The number of nitrogens with zero attached hydrogens (tertiary/aromatic N) is 3. The molecule has 0 unspecified atom stereocenters. The Morgan fingerprint density at radius 3 is 0.905 bits per heavy atom. The summed E-state index contributed by atoms with van der Waals surface area (Å²) < 4.78 is 4.23. The van der Waals surface area contributed by atoms with Crippen LogP contribution >= 0.6 is 95.6 Å². The second kappa shape index (κ2) is 17.8. The van der Waals surface area contributed by atoms with Gasteiger partial charge in [0.2, 0.25) is 0 Å². The van der Waals surface area contributed by atoms with Crippen LogP contribution in [0.2, 0.25) is 0 Å². The van der Waals surface area contributed by atoms with Crippen LogP contribution in [0.1, 0.15) is 0 Å². The summed E-state index contributed by atoms with van der Waals surface area (Å²) in [5, 5.41) is 37.2. The topological polar surface area (TPSA) is 171 Å². The second-order valence-corrected chi connectivity index (χ2v) is 12.8. The summed E-state index contributed by atoms with van der Waals surface area (Å²) >= 11 is 19.7. The first-order valence-corrected chi connectivity index (χ1v) is 15.5. The van der Waals surface area contributed by atoms with Crippen LogP contribution < -0.4 is 15.3 Å². The number of halogens is 6. The zero-order chi connectivity index (χ0) is 28.3. The Kier molecular flexibility index (Phi) is 16.7. The number of fused-ring (bicyclic) bond motifs is 3. The Balaban J connectivity index is 0.000000304. The first-order chi connectivity index (χ1) is 18.6. The van der Waals surface area contributed by atoms with Crippen LogP contribution in [0.4, 0.5) is 0 Å². The minimum atomic E-state index is -0.0706. The van der Waals surface area contributed by atoms with Crippen LogP contribution in [-0.4, -0.2) is 25.9 Å². The summed E-state index contributed by atoms with van der Waals surface area (Å²) in [5.74, 6) is -0.212. The van der Waals surface area contributed by atoms with Crippen molar-refractivity contribution in [3.05, 3.63) is 100 Å². The first-order valence-electron chi connectivity index (χ1n) is 10.8. The van der Waals surface area contributed by atoms with Crippen molar-refractivity contribution < 1.29 is 64.9 Å². The summed E-state index contributed by atoms with van der Waals surface area (Å²) in [6, 6.07) is 16.2. The van der Waals surface area contributed by atoms with Gasteiger partial charge >= 0.3 is 38.6 Å². The van der Waals surface area contributed by atoms with Crippen LogP contribution in [0, 0.1) is 38.6 Å². The molecule has 0 saturated heterocycles. The van der Waals surface area contributed by atoms with Gasteiger partial charge in [0.25, 0.3) is 0 Å². The number of rotatable bonds is 0. The molecule has 0 saturated carbocycles. The van der Waals surface area contributed by atoms with E-state index < -0.39 is 0 Å². The normalized spacial score (nSPS) is 9.86. The smallest absolute Gasteiger partial charge is 0.870 e. The molecule has 4 N–H and O–H groups in total. The van der Waals surface area contributed by atoms with Crippen molar-refractivity contribution in [2.75, 3.05) is 0 Å². The predicted molar refractivity (Wildman–Crippen MR) is 177 cm³/mol. The van der Waals surface area contributed by atoms with E-state index >= 15 is 0 Å². The van der Waals surface area contributed by atoms with E-state index in [0.717, 1.165) is 29.6 Å². The molecule has 8 nitrogen and oxygen atoms in total. The third kappa shape index (κ3) is 8.98. The SMILES string of the molecule is O.O.[O-]c1c(Br)cc(Br)c2cccnc12.[O-]c1c(Br)cc(Br)c2cccnc12.[O-]c1c(Br)cc(Br)c2cccnc12.[Tb+3]. The van der Waals surface area contributed by atoms with E-state index in [1.54, 1.807) is 55.0 Å². The molecule has 0 aliphatic heterocycles. The monoisotopic (exact) mass is 1090 g/mol. The van der Waals surface area contributed by atoms with E-state index in [9.17, 15) is 15.3 Å². The van der Waals surface area contributed by atoms with Crippen molar-refractivity contribution in [3.8, 4) is 17.2 Å². The number of benzene rings is 3. The molecule has 0 spiro atoms. The molecule has 3 heterocycles. The molecule has 6 rings (SSSR count). The molecule has 0 amide bonds.